The van der Waals surface area contributed by atoms with E-state index in [1.54, 1.807) is 18.7 Å². The first-order valence-electron chi connectivity index (χ1n) is 6.46. The highest BCUT2D eigenvalue weighted by molar-refractivity contribution is 5.70. The number of aryl methyl sites for hydroxylation is 2. The number of nitrogens with zero attached hydrogens (tertiary/aromatic N) is 3. The summed E-state index contributed by atoms with van der Waals surface area (Å²) < 4.78 is 1.65. The van der Waals surface area contributed by atoms with E-state index in [-0.39, 0.29) is 12.0 Å². The van der Waals surface area contributed by atoms with Crippen molar-refractivity contribution in [3.8, 4) is 6.07 Å². The Balaban J connectivity index is 2.13. The molecule has 1 fully saturated rings. The van der Waals surface area contributed by atoms with Crippen LogP contribution in [0.1, 0.15) is 36.9 Å². The minimum atomic E-state index is -0.729. The molecule has 0 amide bonds. The van der Waals surface area contributed by atoms with E-state index in [2.05, 4.69) is 16.5 Å². The van der Waals surface area contributed by atoms with Gasteiger partial charge in [0, 0.05) is 13.1 Å². The van der Waals surface area contributed by atoms with Gasteiger partial charge in [-0.15, -0.1) is 0 Å². The number of carbonyl (C=O) groups is 1. The quantitative estimate of drug-likeness (QED) is 0.864. The molecule has 0 saturated heterocycles. The number of aromatic nitrogens is 2. The Morgan fingerprint density at radius 2 is 2.32 bits per heavy atom. The zero-order valence-corrected chi connectivity index (χ0v) is 11.2. The molecule has 102 valence electrons. The molecule has 2 N–H and O–H groups in total. The highest BCUT2D eigenvalue weighted by atomic mass is 16.4. The number of carboxylic acid groups (broad SMARTS) is 1. The summed E-state index contributed by atoms with van der Waals surface area (Å²) in [5, 5.41) is 25.7. The first kappa shape index (κ1) is 13.4. The second kappa shape index (κ2) is 5.31. The van der Waals surface area contributed by atoms with Gasteiger partial charge in [0.05, 0.1) is 11.6 Å². The third-order valence-corrected chi connectivity index (χ3v) is 3.70. The molecule has 1 saturated carbocycles. The molecule has 1 aromatic heterocycles. The zero-order chi connectivity index (χ0) is 14.0. The predicted octanol–water partition coefficient (Wildman–Crippen LogP) is 1.66. The second-order valence-electron chi connectivity index (χ2n) is 5.09. The Labute approximate surface area is 112 Å². The number of hydrogen-bond donors (Lipinski definition) is 2. The number of nitrogens with one attached hydrogen (secondary N) is 1. The van der Waals surface area contributed by atoms with Crippen LogP contribution in [0.4, 0.5) is 5.82 Å². The van der Waals surface area contributed by atoms with Crippen LogP contribution < -0.4 is 5.32 Å². The number of carboxylic acids is 1. The first-order valence-corrected chi connectivity index (χ1v) is 6.46. The molecule has 6 nitrogen and oxygen atoms in total. The van der Waals surface area contributed by atoms with E-state index < -0.39 is 5.97 Å². The van der Waals surface area contributed by atoms with Crippen LogP contribution in [0.25, 0.3) is 0 Å². The molecule has 6 heteroatoms. The molecule has 2 atom stereocenters. The molecule has 0 aliphatic heterocycles. The smallest absolute Gasteiger partial charge is 0.306 e. The van der Waals surface area contributed by atoms with Gasteiger partial charge in [-0.25, -0.2) is 0 Å². The SMILES string of the molecule is Cc1nn(C)c(NC2CCCC(C(=O)O)C2)c1C#N. The Bertz CT molecular complexity index is 529. The summed E-state index contributed by atoms with van der Waals surface area (Å²) in [6.45, 7) is 1.80. The molecule has 19 heavy (non-hydrogen) atoms. The van der Waals surface area contributed by atoms with Gasteiger partial charge in [-0.2, -0.15) is 10.4 Å². The molecule has 1 aliphatic carbocycles. The molecule has 0 spiro atoms. The Hall–Kier alpha value is -2.03. The molecule has 2 unspecified atom stereocenters. The maximum atomic E-state index is 11.0. The van der Waals surface area contributed by atoms with Gasteiger partial charge in [0.1, 0.15) is 17.5 Å². The van der Waals surface area contributed by atoms with Crippen molar-refractivity contribution in [1.82, 2.24) is 9.78 Å². The Kier molecular flexibility index (Phi) is 3.74. The molecule has 1 aliphatic rings. The summed E-state index contributed by atoms with van der Waals surface area (Å²) in [7, 11) is 1.79. The first-order chi connectivity index (χ1) is 9.02. The topological polar surface area (TPSA) is 90.9 Å². The van der Waals surface area contributed by atoms with Crippen molar-refractivity contribution < 1.29 is 9.90 Å². The van der Waals surface area contributed by atoms with Crippen LogP contribution in [0.2, 0.25) is 0 Å². The summed E-state index contributed by atoms with van der Waals surface area (Å²) in [6, 6.07) is 2.24. The summed E-state index contributed by atoms with van der Waals surface area (Å²) in [4.78, 5) is 11.0. The normalized spacial score (nSPS) is 22.8. The molecular formula is C13H18N4O2. The highest BCUT2D eigenvalue weighted by Crippen LogP contribution is 2.28. The van der Waals surface area contributed by atoms with E-state index in [1.807, 2.05) is 0 Å². The van der Waals surface area contributed by atoms with E-state index in [0.717, 1.165) is 19.3 Å². The number of aliphatic carboxylic acids is 1. The van der Waals surface area contributed by atoms with Crippen molar-refractivity contribution in [2.75, 3.05) is 5.32 Å². The van der Waals surface area contributed by atoms with Crippen LogP contribution in [0.15, 0.2) is 0 Å². The summed E-state index contributed by atoms with van der Waals surface area (Å²) in [5.41, 5.74) is 1.23. The number of nitriles is 1. The number of rotatable bonds is 3. The fraction of sp³-hybridized carbons (Fsp3) is 0.615. The van der Waals surface area contributed by atoms with E-state index in [4.69, 9.17) is 10.4 Å². The van der Waals surface area contributed by atoms with Crippen molar-refractivity contribution in [3.63, 3.8) is 0 Å². The Morgan fingerprint density at radius 3 is 2.95 bits per heavy atom. The monoisotopic (exact) mass is 262 g/mol. The summed E-state index contributed by atoms with van der Waals surface area (Å²) >= 11 is 0. The van der Waals surface area contributed by atoms with Crippen molar-refractivity contribution in [1.29, 1.82) is 5.26 Å². The van der Waals surface area contributed by atoms with Crippen molar-refractivity contribution >= 4 is 11.8 Å². The number of anilines is 1. The predicted molar refractivity (Wildman–Crippen MR) is 69.7 cm³/mol. The van der Waals surface area contributed by atoms with E-state index in [9.17, 15) is 4.79 Å². The molecule has 0 aromatic carbocycles. The van der Waals surface area contributed by atoms with E-state index >= 15 is 0 Å². The van der Waals surface area contributed by atoms with Gasteiger partial charge in [-0.1, -0.05) is 6.42 Å². The fourth-order valence-electron chi connectivity index (χ4n) is 2.70. The number of hydrogen-bond acceptors (Lipinski definition) is 4. The maximum absolute atomic E-state index is 11.0. The van der Waals surface area contributed by atoms with Crippen molar-refractivity contribution in [2.45, 2.75) is 38.6 Å². The van der Waals surface area contributed by atoms with Crippen LogP contribution in [-0.4, -0.2) is 26.9 Å². The lowest BCUT2D eigenvalue weighted by Crippen LogP contribution is -2.31. The molecule has 0 bridgehead atoms. The van der Waals surface area contributed by atoms with Gasteiger partial charge in [0.15, 0.2) is 0 Å². The van der Waals surface area contributed by atoms with Crippen LogP contribution in [-0.2, 0) is 11.8 Å². The molecule has 0 radical (unpaired) electrons. The van der Waals surface area contributed by atoms with Gasteiger partial charge in [-0.05, 0) is 26.2 Å². The summed E-state index contributed by atoms with van der Waals surface area (Å²) in [6.07, 6.45) is 3.17. The van der Waals surface area contributed by atoms with Gasteiger partial charge < -0.3 is 10.4 Å². The average Bonchev–Trinajstić information content (AvgIpc) is 2.64. The lowest BCUT2D eigenvalue weighted by Gasteiger charge is -2.28. The van der Waals surface area contributed by atoms with Gasteiger partial charge in [0.25, 0.3) is 0 Å². The summed E-state index contributed by atoms with van der Waals surface area (Å²) in [5.74, 6) is -0.324. The third kappa shape index (κ3) is 2.70. The molecule has 1 heterocycles. The van der Waals surface area contributed by atoms with Crippen LogP contribution in [0.3, 0.4) is 0 Å². The van der Waals surface area contributed by atoms with Gasteiger partial charge in [0.2, 0.25) is 0 Å². The van der Waals surface area contributed by atoms with Crippen LogP contribution >= 0.6 is 0 Å². The lowest BCUT2D eigenvalue weighted by molar-refractivity contribution is -0.142. The van der Waals surface area contributed by atoms with Gasteiger partial charge in [-0.3, -0.25) is 9.48 Å². The fourth-order valence-corrected chi connectivity index (χ4v) is 2.70. The van der Waals surface area contributed by atoms with Crippen LogP contribution in [0, 0.1) is 24.2 Å². The molecule has 2 rings (SSSR count). The van der Waals surface area contributed by atoms with E-state index in [1.165, 1.54) is 0 Å². The lowest BCUT2D eigenvalue weighted by atomic mass is 9.86. The highest BCUT2D eigenvalue weighted by Gasteiger charge is 2.28. The average molecular weight is 262 g/mol. The van der Waals surface area contributed by atoms with Gasteiger partial charge >= 0.3 is 5.97 Å². The van der Waals surface area contributed by atoms with Crippen molar-refractivity contribution in [3.05, 3.63) is 11.3 Å². The van der Waals surface area contributed by atoms with Crippen molar-refractivity contribution in [2.24, 2.45) is 13.0 Å². The third-order valence-electron chi connectivity index (χ3n) is 3.70. The second-order valence-corrected chi connectivity index (χ2v) is 5.09. The largest absolute Gasteiger partial charge is 0.481 e. The maximum Gasteiger partial charge on any atom is 0.306 e. The minimum absolute atomic E-state index is 0.0942. The standard InChI is InChI=1S/C13H18N4O2/c1-8-11(7-14)12(17(2)16-8)15-10-5-3-4-9(6-10)13(18)19/h9-10,15H,3-6H2,1-2H3,(H,18,19). The van der Waals surface area contributed by atoms with Crippen LogP contribution in [0.5, 0.6) is 0 Å². The Morgan fingerprint density at radius 1 is 1.58 bits per heavy atom. The minimum Gasteiger partial charge on any atom is -0.481 e. The molecule has 1 aromatic rings. The zero-order valence-electron chi connectivity index (χ0n) is 11.2. The molecular weight excluding hydrogens is 244 g/mol. The van der Waals surface area contributed by atoms with E-state index in [0.29, 0.717) is 23.5 Å².